The first-order chi connectivity index (χ1) is 15.2. The van der Waals surface area contributed by atoms with Gasteiger partial charge < -0.3 is 4.74 Å². The monoisotopic (exact) mass is 419 g/mol. The molecule has 6 fully saturated rings. The van der Waals surface area contributed by atoms with Gasteiger partial charge in [0.05, 0.1) is 12.2 Å². The van der Waals surface area contributed by atoms with Gasteiger partial charge in [0.2, 0.25) is 0 Å². The summed E-state index contributed by atoms with van der Waals surface area (Å²) in [5.74, 6) is 6.52. The molecule has 0 amide bonds. The lowest BCUT2D eigenvalue weighted by Crippen LogP contribution is -2.60. The molecule has 1 spiro atoms. The third kappa shape index (κ3) is 2.64. The molecule has 0 radical (unpaired) electrons. The van der Waals surface area contributed by atoms with E-state index in [-0.39, 0.29) is 5.60 Å². The number of rotatable bonds is 2. The van der Waals surface area contributed by atoms with E-state index in [2.05, 4.69) is 49.1 Å². The van der Waals surface area contributed by atoms with E-state index >= 15 is 0 Å². The third-order valence-corrected chi connectivity index (χ3v) is 11.4. The zero-order valence-electron chi connectivity index (χ0n) is 19.6. The number of benzene rings is 1. The van der Waals surface area contributed by atoms with Gasteiger partial charge in [-0.25, -0.2) is 0 Å². The molecular weight excluding hydrogens is 378 g/mol. The average molecular weight is 420 g/mol. The smallest absolute Gasteiger partial charge is 0.0762 e. The summed E-state index contributed by atoms with van der Waals surface area (Å²) in [4.78, 5) is 2.96. The maximum Gasteiger partial charge on any atom is 0.0762 e. The van der Waals surface area contributed by atoms with Crippen molar-refractivity contribution in [1.29, 1.82) is 0 Å². The van der Waals surface area contributed by atoms with Crippen molar-refractivity contribution in [3.63, 3.8) is 0 Å². The van der Waals surface area contributed by atoms with Crippen LogP contribution in [0.25, 0.3) is 0 Å². The minimum Gasteiger partial charge on any atom is -0.374 e. The zero-order chi connectivity index (χ0) is 20.7. The SMILES string of the molecule is C[C@H](c1ccccc1)N1[C@@H]2C[C@H]3C[C@@]4(OC[C@@H]5C[C@@H]6CCCC[C@H]6[C@H]3[C@@H]54)[C@@H]2CC[C@@H]1C. The first-order valence-electron chi connectivity index (χ1n) is 13.6. The maximum atomic E-state index is 7.07. The Kier molecular flexibility index (Phi) is 4.47. The Morgan fingerprint density at radius 3 is 2.68 bits per heavy atom. The van der Waals surface area contributed by atoms with Gasteiger partial charge in [0, 0.05) is 24.0 Å². The Labute approximate surface area is 189 Å². The van der Waals surface area contributed by atoms with Crippen LogP contribution in [0.5, 0.6) is 0 Å². The molecular formula is C29H41NO. The first kappa shape index (κ1) is 19.6. The minimum absolute atomic E-state index is 0.236. The molecule has 2 nitrogen and oxygen atoms in total. The fourth-order valence-corrected chi connectivity index (χ4v) is 10.6. The van der Waals surface area contributed by atoms with E-state index in [1.807, 2.05) is 0 Å². The summed E-state index contributed by atoms with van der Waals surface area (Å²) >= 11 is 0. The second-order valence-electron chi connectivity index (χ2n) is 12.4. The molecule has 1 aromatic rings. The van der Waals surface area contributed by atoms with Crippen LogP contribution in [0.2, 0.25) is 0 Å². The molecule has 0 aromatic heterocycles. The fraction of sp³-hybridized carbons (Fsp3) is 0.793. The van der Waals surface area contributed by atoms with Gasteiger partial charge >= 0.3 is 0 Å². The van der Waals surface area contributed by atoms with E-state index in [1.165, 1.54) is 63.4 Å². The highest BCUT2D eigenvalue weighted by atomic mass is 16.5. The van der Waals surface area contributed by atoms with Crippen LogP contribution in [0.4, 0.5) is 0 Å². The Hall–Kier alpha value is -0.860. The lowest BCUT2D eigenvalue weighted by atomic mass is 9.56. The average Bonchev–Trinajstić information content (AvgIpc) is 3.28. The number of likely N-dealkylation sites (tertiary alicyclic amines) is 1. The Balaban J connectivity index is 1.27. The van der Waals surface area contributed by atoms with Crippen molar-refractivity contribution < 1.29 is 4.74 Å². The van der Waals surface area contributed by atoms with E-state index < -0.39 is 0 Å². The summed E-state index contributed by atoms with van der Waals surface area (Å²) in [6.45, 7) is 6.07. The normalized spacial score (nSPS) is 51.6. The van der Waals surface area contributed by atoms with Crippen molar-refractivity contribution in [2.45, 2.75) is 95.4 Å². The van der Waals surface area contributed by atoms with Crippen LogP contribution in [-0.2, 0) is 4.74 Å². The van der Waals surface area contributed by atoms with Crippen LogP contribution >= 0.6 is 0 Å². The van der Waals surface area contributed by atoms with Gasteiger partial charge in [-0.05, 0) is 93.4 Å². The van der Waals surface area contributed by atoms with E-state index in [0.29, 0.717) is 12.1 Å². The van der Waals surface area contributed by atoms with Crippen molar-refractivity contribution in [3.05, 3.63) is 35.9 Å². The van der Waals surface area contributed by atoms with Gasteiger partial charge in [0.1, 0.15) is 0 Å². The molecule has 2 aliphatic heterocycles. The molecule has 168 valence electrons. The molecule has 2 bridgehead atoms. The van der Waals surface area contributed by atoms with Gasteiger partial charge in [-0.3, -0.25) is 4.90 Å². The van der Waals surface area contributed by atoms with Crippen LogP contribution in [0.1, 0.15) is 83.2 Å². The number of ether oxygens (including phenoxy) is 1. The highest BCUT2D eigenvalue weighted by Gasteiger charge is 2.71. The molecule has 4 aliphatic carbocycles. The lowest BCUT2D eigenvalue weighted by molar-refractivity contribution is -0.137. The second kappa shape index (κ2) is 7.07. The van der Waals surface area contributed by atoms with Gasteiger partial charge in [0.15, 0.2) is 0 Å². The van der Waals surface area contributed by atoms with Crippen LogP contribution in [0, 0.1) is 41.4 Å². The Morgan fingerprint density at radius 1 is 0.968 bits per heavy atom. The first-order valence-corrected chi connectivity index (χ1v) is 13.6. The van der Waals surface area contributed by atoms with Crippen LogP contribution in [0.15, 0.2) is 30.3 Å². The maximum absolute atomic E-state index is 7.07. The minimum atomic E-state index is 0.236. The molecule has 6 aliphatic rings. The number of hydrogen-bond donors (Lipinski definition) is 0. The summed E-state index contributed by atoms with van der Waals surface area (Å²) in [5.41, 5.74) is 1.74. The number of nitrogens with zero attached hydrogens (tertiary/aromatic N) is 1. The summed E-state index contributed by atoms with van der Waals surface area (Å²) < 4.78 is 7.07. The predicted octanol–water partition coefficient (Wildman–Crippen LogP) is 6.47. The molecule has 4 saturated carbocycles. The van der Waals surface area contributed by atoms with Crippen molar-refractivity contribution in [3.8, 4) is 0 Å². The van der Waals surface area contributed by atoms with Crippen LogP contribution in [0.3, 0.4) is 0 Å². The Morgan fingerprint density at radius 2 is 1.81 bits per heavy atom. The van der Waals surface area contributed by atoms with E-state index in [9.17, 15) is 0 Å². The number of fused-ring (bicyclic) bond motifs is 5. The fourth-order valence-electron chi connectivity index (χ4n) is 10.6. The Bertz CT molecular complexity index is 823. The zero-order valence-corrected chi connectivity index (χ0v) is 19.6. The van der Waals surface area contributed by atoms with Gasteiger partial charge in [-0.15, -0.1) is 0 Å². The third-order valence-electron chi connectivity index (χ3n) is 11.4. The van der Waals surface area contributed by atoms with Crippen molar-refractivity contribution >= 4 is 0 Å². The van der Waals surface area contributed by atoms with Crippen molar-refractivity contribution in [2.24, 2.45) is 41.4 Å². The van der Waals surface area contributed by atoms with Gasteiger partial charge in [-0.1, -0.05) is 49.6 Å². The highest BCUT2D eigenvalue weighted by molar-refractivity contribution is 5.23. The molecule has 31 heavy (non-hydrogen) atoms. The summed E-state index contributed by atoms with van der Waals surface area (Å²) in [7, 11) is 0. The standard InChI is InChI=1S/C29H41NO/c1-18-12-13-25-26(30(18)19(2)20-8-4-3-5-9-20)15-22-16-29(25)28-23(17-31-29)14-21-10-6-7-11-24(21)27(22)28/h3-5,8-9,18-19,21-28H,6-7,10-17H2,1-2H3/t18-,19+,21-,22-,23-,24+,25+,26+,27-,28+,29+/m0/s1. The van der Waals surface area contributed by atoms with E-state index in [4.69, 9.17) is 4.74 Å². The van der Waals surface area contributed by atoms with Gasteiger partial charge in [-0.2, -0.15) is 0 Å². The molecule has 0 N–H and O–H groups in total. The van der Waals surface area contributed by atoms with Gasteiger partial charge in [0.25, 0.3) is 0 Å². The number of piperidine rings is 1. The van der Waals surface area contributed by atoms with Crippen molar-refractivity contribution in [1.82, 2.24) is 4.90 Å². The summed E-state index contributed by atoms with van der Waals surface area (Å²) in [6.07, 6.45) is 13.1. The van der Waals surface area contributed by atoms with E-state index in [1.54, 1.807) is 0 Å². The van der Waals surface area contributed by atoms with Crippen LogP contribution in [-0.4, -0.2) is 29.2 Å². The van der Waals surface area contributed by atoms with Crippen molar-refractivity contribution in [2.75, 3.05) is 6.61 Å². The summed E-state index contributed by atoms with van der Waals surface area (Å²) in [5, 5.41) is 0. The lowest BCUT2D eigenvalue weighted by Gasteiger charge is -2.56. The predicted molar refractivity (Wildman–Crippen MR) is 125 cm³/mol. The largest absolute Gasteiger partial charge is 0.374 e. The topological polar surface area (TPSA) is 12.5 Å². The second-order valence-corrected chi connectivity index (χ2v) is 12.4. The molecule has 1 aromatic carbocycles. The highest BCUT2D eigenvalue weighted by Crippen LogP contribution is 2.70. The molecule has 0 unspecified atom stereocenters. The molecule has 2 saturated heterocycles. The van der Waals surface area contributed by atoms with Crippen LogP contribution < -0.4 is 0 Å². The quantitative estimate of drug-likeness (QED) is 0.545. The van der Waals surface area contributed by atoms with E-state index in [0.717, 1.165) is 54.1 Å². The summed E-state index contributed by atoms with van der Waals surface area (Å²) in [6, 6.07) is 13.2. The molecule has 7 rings (SSSR count). The molecule has 2 heteroatoms. The molecule has 11 atom stereocenters. The molecule has 2 heterocycles. The number of hydrogen-bond acceptors (Lipinski definition) is 2.